The molecule has 0 heterocycles. The molecule has 13 heavy (non-hydrogen) atoms. The van der Waals surface area contributed by atoms with Crippen LogP contribution >= 0.6 is 0 Å². The van der Waals surface area contributed by atoms with Gasteiger partial charge < -0.3 is 10.2 Å². The van der Waals surface area contributed by atoms with Crippen molar-refractivity contribution in [2.24, 2.45) is 5.92 Å². The molecule has 0 saturated heterocycles. The van der Waals surface area contributed by atoms with Gasteiger partial charge in [0.1, 0.15) is 0 Å². The molecule has 0 bridgehead atoms. The lowest BCUT2D eigenvalue weighted by molar-refractivity contribution is -0.182. The van der Waals surface area contributed by atoms with E-state index in [0.29, 0.717) is 0 Å². The molecule has 0 aromatic carbocycles. The maximum atomic E-state index is 9.24. The molecule has 0 radical (unpaired) electrons. The predicted octanol–water partition coefficient (Wildman–Crippen LogP) is 2.68. The minimum absolute atomic E-state index is 0.0193. The monoisotopic (exact) mass is 188 g/mol. The van der Waals surface area contributed by atoms with Gasteiger partial charge in [0.2, 0.25) is 0 Å². The summed E-state index contributed by atoms with van der Waals surface area (Å²) in [6.45, 7) is 5.55. The Labute approximate surface area is 82.0 Å². The Bertz CT molecular complexity index is 116. The second-order valence-electron chi connectivity index (χ2n) is 4.20. The Morgan fingerprint density at radius 2 is 1.62 bits per heavy atom. The van der Waals surface area contributed by atoms with Gasteiger partial charge in [0, 0.05) is 5.92 Å². The average Bonchev–Trinajstić information content (AvgIpc) is 2.02. The summed E-state index contributed by atoms with van der Waals surface area (Å²) in [5, 5.41) is 18.5. The standard InChI is InChI=1S/C11H24O2/c1-4-5-6-7-8-9-10(2)11(3,12)13/h10,12-13H,4-9H2,1-3H3. The van der Waals surface area contributed by atoms with E-state index in [1.165, 1.54) is 32.6 Å². The van der Waals surface area contributed by atoms with Crippen LogP contribution in [0, 0.1) is 5.92 Å². The van der Waals surface area contributed by atoms with Gasteiger partial charge in [0.15, 0.2) is 5.79 Å². The molecule has 0 aliphatic rings. The molecule has 2 heteroatoms. The summed E-state index contributed by atoms with van der Waals surface area (Å²) in [5.74, 6) is -1.51. The first-order valence-corrected chi connectivity index (χ1v) is 5.43. The van der Waals surface area contributed by atoms with Gasteiger partial charge in [0.05, 0.1) is 0 Å². The molecule has 80 valence electrons. The molecule has 0 spiro atoms. The summed E-state index contributed by atoms with van der Waals surface area (Å²) in [4.78, 5) is 0. The van der Waals surface area contributed by atoms with Crippen molar-refractivity contribution in [1.29, 1.82) is 0 Å². The summed E-state index contributed by atoms with van der Waals surface area (Å²) in [6, 6.07) is 0. The van der Waals surface area contributed by atoms with E-state index in [2.05, 4.69) is 6.92 Å². The fourth-order valence-corrected chi connectivity index (χ4v) is 1.33. The van der Waals surface area contributed by atoms with E-state index in [4.69, 9.17) is 0 Å². The van der Waals surface area contributed by atoms with Crippen LogP contribution in [0.25, 0.3) is 0 Å². The Balaban J connectivity index is 3.32. The molecule has 1 unspecified atom stereocenters. The number of rotatable bonds is 7. The molecule has 0 aromatic rings. The first-order valence-electron chi connectivity index (χ1n) is 5.43. The van der Waals surface area contributed by atoms with Gasteiger partial charge in [-0.2, -0.15) is 0 Å². The molecular formula is C11H24O2. The summed E-state index contributed by atoms with van der Waals surface area (Å²) in [5.41, 5.74) is 0. The van der Waals surface area contributed by atoms with Gasteiger partial charge in [-0.25, -0.2) is 0 Å². The molecule has 2 nitrogen and oxygen atoms in total. The van der Waals surface area contributed by atoms with Crippen LogP contribution in [0.3, 0.4) is 0 Å². The van der Waals surface area contributed by atoms with E-state index in [9.17, 15) is 10.2 Å². The van der Waals surface area contributed by atoms with Crippen molar-refractivity contribution in [2.75, 3.05) is 0 Å². The van der Waals surface area contributed by atoms with E-state index in [1.807, 2.05) is 6.92 Å². The Morgan fingerprint density at radius 3 is 2.08 bits per heavy atom. The van der Waals surface area contributed by atoms with E-state index >= 15 is 0 Å². The number of unbranched alkanes of at least 4 members (excludes halogenated alkanes) is 4. The summed E-state index contributed by atoms with van der Waals surface area (Å²) in [6.07, 6.45) is 7.06. The smallest absolute Gasteiger partial charge is 0.162 e. The molecule has 0 rings (SSSR count). The number of hydrogen-bond donors (Lipinski definition) is 2. The van der Waals surface area contributed by atoms with Crippen molar-refractivity contribution < 1.29 is 10.2 Å². The average molecular weight is 188 g/mol. The molecular weight excluding hydrogens is 164 g/mol. The largest absolute Gasteiger partial charge is 0.366 e. The predicted molar refractivity (Wildman–Crippen MR) is 55.4 cm³/mol. The van der Waals surface area contributed by atoms with Crippen LogP contribution < -0.4 is 0 Å². The van der Waals surface area contributed by atoms with E-state index in [0.717, 1.165) is 12.8 Å². The van der Waals surface area contributed by atoms with Gasteiger partial charge >= 0.3 is 0 Å². The lowest BCUT2D eigenvalue weighted by Crippen LogP contribution is -2.31. The molecule has 0 aliphatic carbocycles. The van der Waals surface area contributed by atoms with Crippen LogP contribution in [0.4, 0.5) is 0 Å². The molecule has 0 aromatic heterocycles. The number of aliphatic hydroxyl groups is 2. The fraction of sp³-hybridized carbons (Fsp3) is 1.00. The second kappa shape index (κ2) is 6.39. The highest BCUT2D eigenvalue weighted by Gasteiger charge is 2.23. The van der Waals surface area contributed by atoms with Crippen LogP contribution in [-0.4, -0.2) is 16.0 Å². The molecule has 0 saturated carbocycles. The van der Waals surface area contributed by atoms with E-state index < -0.39 is 5.79 Å². The van der Waals surface area contributed by atoms with Crippen LogP contribution in [0.15, 0.2) is 0 Å². The minimum atomic E-state index is -1.50. The highest BCUT2D eigenvalue weighted by Crippen LogP contribution is 2.20. The van der Waals surface area contributed by atoms with Gasteiger partial charge in [-0.15, -0.1) is 0 Å². The van der Waals surface area contributed by atoms with E-state index in [1.54, 1.807) is 0 Å². The minimum Gasteiger partial charge on any atom is -0.366 e. The SMILES string of the molecule is CCCCCCCC(C)C(C)(O)O. The van der Waals surface area contributed by atoms with Gasteiger partial charge in [-0.3, -0.25) is 0 Å². The molecule has 0 fully saturated rings. The van der Waals surface area contributed by atoms with Crippen LogP contribution in [0.1, 0.15) is 59.3 Å². The third-order valence-corrected chi connectivity index (χ3v) is 2.67. The Morgan fingerprint density at radius 1 is 1.08 bits per heavy atom. The quantitative estimate of drug-likeness (QED) is 0.476. The van der Waals surface area contributed by atoms with Gasteiger partial charge in [-0.05, 0) is 13.3 Å². The van der Waals surface area contributed by atoms with Crippen LogP contribution in [0.5, 0.6) is 0 Å². The lowest BCUT2D eigenvalue weighted by Gasteiger charge is -2.23. The zero-order valence-electron chi connectivity index (χ0n) is 9.21. The lowest BCUT2D eigenvalue weighted by atomic mass is 9.95. The maximum absolute atomic E-state index is 9.24. The summed E-state index contributed by atoms with van der Waals surface area (Å²) in [7, 11) is 0. The first-order chi connectivity index (χ1) is 5.98. The van der Waals surface area contributed by atoms with Crippen LogP contribution in [0.2, 0.25) is 0 Å². The number of hydrogen-bond acceptors (Lipinski definition) is 2. The Hall–Kier alpha value is -0.0800. The van der Waals surface area contributed by atoms with Crippen molar-refractivity contribution >= 4 is 0 Å². The Kier molecular flexibility index (Phi) is 6.35. The molecule has 0 amide bonds. The van der Waals surface area contributed by atoms with Crippen molar-refractivity contribution in [3.63, 3.8) is 0 Å². The van der Waals surface area contributed by atoms with Gasteiger partial charge in [-0.1, -0.05) is 46.0 Å². The maximum Gasteiger partial charge on any atom is 0.162 e. The first kappa shape index (κ1) is 12.9. The summed E-state index contributed by atoms with van der Waals surface area (Å²) >= 11 is 0. The van der Waals surface area contributed by atoms with Crippen molar-refractivity contribution in [3.8, 4) is 0 Å². The van der Waals surface area contributed by atoms with Crippen LogP contribution in [-0.2, 0) is 0 Å². The fourth-order valence-electron chi connectivity index (χ4n) is 1.33. The third-order valence-electron chi connectivity index (χ3n) is 2.67. The molecule has 1 atom stereocenters. The highest BCUT2D eigenvalue weighted by molar-refractivity contribution is 4.66. The molecule has 0 aliphatic heterocycles. The topological polar surface area (TPSA) is 40.5 Å². The third kappa shape index (κ3) is 7.03. The van der Waals surface area contributed by atoms with E-state index in [-0.39, 0.29) is 5.92 Å². The second-order valence-corrected chi connectivity index (χ2v) is 4.20. The van der Waals surface area contributed by atoms with Crippen molar-refractivity contribution in [3.05, 3.63) is 0 Å². The van der Waals surface area contributed by atoms with Crippen molar-refractivity contribution in [1.82, 2.24) is 0 Å². The normalized spacial score (nSPS) is 14.5. The zero-order valence-corrected chi connectivity index (χ0v) is 9.21. The van der Waals surface area contributed by atoms with Crippen molar-refractivity contribution in [2.45, 2.75) is 65.1 Å². The molecule has 2 N–H and O–H groups in total. The summed E-state index contributed by atoms with van der Waals surface area (Å²) < 4.78 is 0. The zero-order chi connectivity index (χ0) is 10.3. The van der Waals surface area contributed by atoms with Gasteiger partial charge in [0.25, 0.3) is 0 Å². The highest BCUT2D eigenvalue weighted by atomic mass is 16.5.